The van der Waals surface area contributed by atoms with Gasteiger partial charge < -0.3 is 16.4 Å². The third kappa shape index (κ3) is 6.26. The first kappa shape index (κ1) is 18.2. The number of nitrogens with two attached hydrogens (primary N) is 1. The summed E-state index contributed by atoms with van der Waals surface area (Å²) < 4.78 is 0. The van der Waals surface area contributed by atoms with Crippen molar-refractivity contribution in [1.82, 2.24) is 10.6 Å². The van der Waals surface area contributed by atoms with E-state index in [-0.39, 0.29) is 35.7 Å². The number of nitrogens with one attached hydrogen (secondary N) is 2. The van der Waals surface area contributed by atoms with Crippen LogP contribution in [0.5, 0.6) is 0 Å². The Hall–Kier alpha value is -1.88. The van der Waals surface area contributed by atoms with Crippen molar-refractivity contribution >= 4 is 11.8 Å². The van der Waals surface area contributed by atoms with Gasteiger partial charge in [-0.15, -0.1) is 0 Å². The van der Waals surface area contributed by atoms with Gasteiger partial charge in [0.2, 0.25) is 11.8 Å². The predicted octanol–water partition coefficient (Wildman–Crippen LogP) is 1.74. The zero-order chi connectivity index (χ0) is 16.8. The second-order valence-electron chi connectivity index (χ2n) is 6.56. The Bertz CT molecular complexity index is 494. The maximum atomic E-state index is 12.1. The zero-order valence-electron chi connectivity index (χ0n) is 13.8. The quantitative estimate of drug-likeness (QED) is 0.748. The van der Waals surface area contributed by atoms with Crippen LogP contribution in [0.3, 0.4) is 0 Å². The van der Waals surface area contributed by atoms with Crippen molar-refractivity contribution in [3.05, 3.63) is 35.9 Å². The van der Waals surface area contributed by atoms with Crippen LogP contribution in [0.25, 0.3) is 0 Å². The molecule has 122 valence electrons. The van der Waals surface area contributed by atoms with E-state index in [1.165, 1.54) is 0 Å². The molecule has 0 saturated heterocycles. The van der Waals surface area contributed by atoms with Gasteiger partial charge in [-0.05, 0) is 26.3 Å². The van der Waals surface area contributed by atoms with Gasteiger partial charge in [0.05, 0.1) is 5.92 Å². The highest BCUT2D eigenvalue weighted by atomic mass is 16.2. The molecular weight excluding hydrogens is 278 g/mol. The molecule has 0 radical (unpaired) electrons. The van der Waals surface area contributed by atoms with Crippen molar-refractivity contribution in [2.45, 2.75) is 45.7 Å². The molecule has 2 unspecified atom stereocenters. The van der Waals surface area contributed by atoms with Crippen molar-refractivity contribution in [2.24, 2.45) is 11.7 Å². The molecule has 2 amide bonds. The van der Waals surface area contributed by atoms with Crippen molar-refractivity contribution in [3.8, 4) is 0 Å². The van der Waals surface area contributed by atoms with E-state index in [2.05, 4.69) is 10.6 Å². The molecular formula is C17H27N3O2. The summed E-state index contributed by atoms with van der Waals surface area (Å²) in [5.41, 5.74) is 6.78. The van der Waals surface area contributed by atoms with Gasteiger partial charge in [-0.3, -0.25) is 9.59 Å². The summed E-state index contributed by atoms with van der Waals surface area (Å²) in [6, 6.07) is 9.17. The van der Waals surface area contributed by atoms with E-state index in [1.807, 2.05) is 51.1 Å². The number of carbonyl (C=O) groups excluding carboxylic acids is 2. The van der Waals surface area contributed by atoms with Crippen LogP contribution in [-0.2, 0) is 9.59 Å². The van der Waals surface area contributed by atoms with Gasteiger partial charge in [-0.25, -0.2) is 0 Å². The smallest absolute Gasteiger partial charge is 0.224 e. The SMILES string of the molecule is CC(C(=O)NCCC(=O)NC(C)(C)C)C(N)c1ccccc1. The average Bonchev–Trinajstić information content (AvgIpc) is 2.44. The lowest BCUT2D eigenvalue weighted by atomic mass is 9.95. The highest BCUT2D eigenvalue weighted by Gasteiger charge is 2.22. The topological polar surface area (TPSA) is 84.2 Å². The monoisotopic (exact) mass is 305 g/mol. The molecule has 0 aliphatic rings. The Morgan fingerprint density at radius 2 is 1.77 bits per heavy atom. The summed E-state index contributed by atoms with van der Waals surface area (Å²) in [7, 11) is 0. The van der Waals surface area contributed by atoms with Crippen molar-refractivity contribution in [2.75, 3.05) is 6.54 Å². The van der Waals surface area contributed by atoms with Crippen LogP contribution in [0.4, 0.5) is 0 Å². The standard InChI is InChI=1S/C17H27N3O2/c1-12(15(18)13-8-6-5-7-9-13)16(22)19-11-10-14(21)20-17(2,3)4/h5-9,12,15H,10-11,18H2,1-4H3,(H,19,22)(H,20,21). The van der Waals surface area contributed by atoms with E-state index in [1.54, 1.807) is 6.92 Å². The minimum atomic E-state index is -0.357. The van der Waals surface area contributed by atoms with Gasteiger partial charge in [0.1, 0.15) is 0 Å². The lowest BCUT2D eigenvalue weighted by Crippen LogP contribution is -2.42. The Balaban J connectivity index is 2.40. The van der Waals surface area contributed by atoms with Crippen LogP contribution in [0.1, 0.15) is 45.7 Å². The minimum Gasteiger partial charge on any atom is -0.355 e. The van der Waals surface area contributed by atoms with Gasteiger partial charge in [-0.2, -0.15) is 0 Å². The van der Waals surface area contributed by atoms with Crippen LogP contribution in [-0.4, -0.2) is 23.9 Å². The molecule has 4 N–H and O–H groups in total. The fraction of sp³-hybridized carbons (Fsp3) is 0.529. The van der Waals surface area contributed by atoms with E-state index in [4.69, 9.17) is 5.73 Å². The first-order valence-corrected chi connectivity index (χ1v) is 7.60. The summed E-state index contributed by atoms with van der Waals surface area (Å²) in [4.78, 5) is 23.8. The summed E-state index contributed by atoms with van der Waals surface area (Å²) in [6.45, 7) is 7.87. The van der Waals surface area contributed by atoms with E-state index in [9.17, 15) is 9.59 Å². The molecule has 0 aliphatic heterocycles. The molecule has 0 aromatic heterocycles. The number of rotatable bonds is 6. The Kier molecular flexibility index (Phi) is 6.56. The molecule has 1 aromatic rings. The lowest BCUT2D eigenvalue weighted by molar-refractivity contribution is -0.125. The largest absolute Gasteiger partial charge is 0.355 e. The Labute approximate surface area is 132 Å². The minimum absolute atomic E-state index is 0.0761. The number of carbonyl (C=O) groups is 2. The molecule has 1 rings (SSSR count). The molecule has 0 fully saturated rings. The summed E-state index contributed by atoms with van der Waals surface area (Å²) in [6.07, 6.45) is 0.260. The molecule has 0 heterocycles. The Morgan fingerprint density at radius 3 is 2.32 bits per heavy atom. The molecule has 0 aliphatic carbocycles. The molecule has 0 bridgehead atoms. The summed E-state index contributed by atoms with van der Waals surface area (Å²) in [5.74, 6) is -0.569. The number of benzene rings is 1. The summed E-state index contributed by atoms with van der Waals surface area (Å²) in [5, 5.41) is 5.63. The summed E-state index contributed by atoms with van der Waals surface area (Å²) >= 11 is 0. The first-order chi connectivity index (χ1) is 10.2. The molecule has 0 spiro atoms. The maximum absolute atomic E-state index is 12.1. The highest BCUT2D eigenvalue weighted by molar-refractivity contribution is 5.81. The van der Waals surface area contributed by atoms with Crippen LogP contribution in [0, 0.1) is 5.92 Å². The van der Waals surface area contributed by atoms with Crippen molar-refractivity contribution in [1.29, 1.82) is 0 Å². The van der Waals surface area contributed by atoms with Gasteiger partial charge in [0, 0.05) is 24.5 Å². The van der Waals surface area contributed by atoms with Crippen LogP contribution < -0.4 is 16.4 Å². The number of amides is 2. The van der Waals surface area contributed by atoms with E-state index in [0.29, 0.717) is 6.54 Å². The third-order valence-corrected chi connectivity index (χ3v) is 3.30. The fourth-order valence-electron chi connectivity index (χ4n) is 2.07. The third-order valence-electron chi connectivity index (χ3n) is 3.30. The van der Waals surface area contributed by atoms with E-state index in [0.717, 1.165) is 5.56 Å². The zero-order valence-corrected chi connectivity index (χ0v) is 13.8. The number of hydrogen-bond acceptors (Lipinski definition) is 3. The Morgan fingerprint density at radius 1 is 1.18 bits per heavy atom. The number of hydrogen-bond donors (Lipinski definition) is 3. The van der Waals surface area contributed by atoms with Crippen LogP contribution in [0.2, 0.25) is 0 Å². The van der Waals surface area contributed by atoms with Crippen molar-refractivity contribution < 1.29 is 9.59 Å². The van der Waals surface area contributed by atoms with Gasteiger partial charge >= 0.3 is 0 Å². The van der Waals surface area contributed by atoms with Gasteiger partial charge in [0.15, 0.2) is 0 Å². The van der Waals surface area contributed by atoms with E-state index < -0.39 is 0 Å². The van der Waals surface area contributed by atoms with Crippen LogP contribution in [0.15, 0.2) is 30.3 Å². The van der Waals surface area contributed by atoms with Gasteiger partial charge in [0.25, 0.3) is 0 Å². The molecule has 5 heteroatoms. The molecule has 0 saturated carbocycles. The average molecular weight is 305 g/mol. The molecule has 1 aromatic carbocycles. The van der Waals surface area contributed by atoms with Crippen LogP contribution >= 0.6 is 0 Å². The second kappa shape index (κ2) is 7.94. The molecule has 2 atom stereocenters. The normalized spacial score (nSPS) is 14.0. The van der Waals surface area contributed by atoms with Gasteiger partial charge in [-0.1, -0.05) is 37.3 Å². The second-order valence-corrected chi connectivity index (χ2v) is 6.56. The maximum Gasteiger partial charge on any atom is 0.224 e. The first-order valence-electron chi connectivity index (χ1n) is 7.60. The molecule has 22 heavy (non-hydrogen) atoms. The van der Waals surface area contributed by atoms with Crippen molar-refractivity contribution in [3.63, 3.8) is 0 Å². The predicted molar refractivity (Wildman–Crippen MR) is 88.1 cm³/mol. The van der Waals surface area contributed by atoms with E-state index >= 15 is 0 Å². The highest BCUT2D eigenvalue weighted by Crippen LogP contribution is 2.18. The molecule has 5 nitrogen and oxygen atoms in total. The lowest BCUT2D eigenvalue weighted by Gasteiger charge is -2.21. The fourth-order valence-corrected chi connectivity index (χ4v) is 2.07.